The highest BCUT2D eigenvalue weighted by Crippen LogP contribution is 2.17. The molecule has 0 spiro atoms. The summed E-state index contributed by atoms with van der Waals surface area (Å²) in [6.45, 7) is 0.490. The molecule has 0 aliphatic heterocycles. The lowest BCUT2D eigenvalue weighted by atomic mass is 10.2. The molecule has 0 unspecified atom stereocenters. The van der Waals surface area contributed by atoms with E-state index >= 15 is 0 Å². The summed E-state index contributed by atoms with van der Waals surface area (Å²) in [6, 6.07) is 9.41. The first-order valence-electron chi connectivity index (χ1n) is 4.92. The van der Waals surface area contributed by atoms with Gasteiger partial charge in [-0.25, -0.2) is 0 Å². The van der Waals surface area contributed by atoms with Gasteiger partial charge in [-0.3, -0.25) is 4.79 Å². The van der Waals surface area contributed by atoms with Crippen LogP contribution in [-0.2, 0) is 6.54 Å². The molecule has 0 radical (unpaired) electrons. The SMILES string of the molecule is O=C(NCc1ccc(Br)cc1)c1ccoc1Br. The Kier molecular flexibility index (Phi) is 4.02. The first-order chi connectivity index (χ1) is 8.16. The Labute approximate surface area is 115 Å². The number of carbonyl (C=O) groups excluding carboxylic acids is 1. The summed E-state index contributed by atoms with van der Waals surface area (Å²) in [4.78, 5) is 11.8. The van der Waals surface area contributed by atoms with Gasteiger partial charge in [0.1, 0.15) is 0 Å². The zero-order valence-electron chi connectivity index (χ0n) is 8.74. The molecule has 1 heterocycles. The average molecular weight is 359 g/mol. The zero-order valence-corrected chi connectivity index (χ0v) is 11.9. The van der Waals surface area contributed by atoms with Gasteiger partial charge in [-0.1, -0.05) is 28.1 Å². The van der Waals surface area contributed by atoms with E-state index in [0.717, 1.165) is 10.0 Å². The summed E-state index contributed by atoms with van der Waals surface area (Å²) in [5.74, 6) is -0.159. The molecule has 0 atom stereocenters. The molecule has 1 amide bonds. The number of hydrogen-bond donors (Lipinski definition) is 1. The Balaban J connectivity index is 1.97. The van der Waals surface area contributed by atoms with Crippen molar-refractivity contribution in [3.8, 4) is 0 Å². The molecule has 88 valence electrons. The Morgan fingerprint density at radius 1 is 1.18 bits per heavy atom. The largest absolute Gasteiger partial charge is 0.457 e. The molecular weight excluding hydrogens is 350 g/mol. The molecule has 0 bridgehead atoms. The van der Waals surface area contributed by atoms with E-state index in [2.05, 4.69) is 37.2 Å². The van der Waals surface area contributed by atoms with E-state index < -0.39 is 0 Å². The fourth-order valence-corrected chi connectivity index (χ4v) is 2.02. The Morgan fingerprint density at radius 3 is 2.47 bits per heavy atom. The third-order valence-corrected chi connectivity index (χ3v) is 3.37. The maximum atomic E-state index is 11.8. The van der Waals surface area contributed by atoms with Crippen LogP contribution in [0.5, 0.6) is 0 Å². The highest BCUT2D eigenvalue weighted by molar-refractivity contribution is 9.10. The van der Waals surface area contributed by atoms with Crippen molar-refractivity contribution in [2.75, 3.05) is 0 Å². The monoisotopic (exact) mass is 357 g/mol. The number of amides is 1. The quantitative estimate of drug-likeness (QED) is 0.908. The number of furan rings is 1. The summed E-state index contributed by atoms with van der Waals surface area (Å²) in [5, 5.41) is 2.82. The maximum absolute atomic E-state index is 11.8. The van der Waals surface area contributed by atoms with Crippen molar-refractivity contribution < 1.29 is 9.21 Å². The predicted molar refractivity (Wildman–Crippen MR) is 71.7 cm³/mol. The average Bonchev–Trinajstić information content (AvgIpc) is 2.74. The molecule has 2 rings (SSSR count). The van der Waals surface area contributed by atoms with Crippen LogP contribution in [0, 0.1) is 0 Å². The summed E-state index contributed by atoms with van der Waals surface area (Å²) < 4.78 is 6.47. The molecule has 1 N–H and O–H groups in total. The lowest BCUT2D eigenvalue weighted by Crippen LogP contribution is -2.22. The van der Waals surface area contributed by atoms with Gasteiger partial charge in [-0.05, 0) is 39.7 Å². The van der Waals surface area contributed by atoms with Crippen molar-refractivity contribution in [2.45, 2.75) is 6.54 Å². The maximum Gasteiger partial charge on any atom is 0.256 e. The topological polar surface area (TPSA) is 42.2 Å². The lowest BCUT2D eigenvalue weighted by molar-refractivity contribution is 0.0949. The van der Waals surface area contributed by atoms with Gasteiger partial charge < -0.3 is 9.73 Å². The minimum absolute atomic E-state index is 0.159. The minimum atomic E-state index is -0.159. The van der Waals surface area contributed by atoms with Crippen molar-refractivity contribution in [1.82, 2.24) is 5.32 Å². The molecule has 3 nitrogen and oxygen atoms in total. The number of halogens is 2. The van der Waals surface area contributed by atoms with Crippen LogP contribution in [-0.4, -0.2) is 5.91 Å². The fraction of sp³-hybridized carbons (Fsp3) is 0.0833. The highest BCUT2D eigenvalue weighted by atomic mass is 79.9. The molecule has 2 aromatic rings. The van der Waals surface area contributed by atoms with E-state index in [1.54, 1.807) is 6.07 Å². The molecule has 0 aliphatic carbocycles. The van der Waals surface area contributed by atoms with Crippen LogP contribution in [0.2, 0.25) is 0 Å². The van der Waals surface area contributed by atoms with Crippen LogP contribution >= 0.6 is 31.9 Å². The number of benzene rings is 1. The highest BCUT2D eigenvalue weighted by Gasteiger charge is 2.11. The standard InChI is InChI=1S/C12H9Br2NO2/c13-9-3-1-8(2-4-9)7-15-12(16)10-5-6-17-11(10)14/h1-6H,7H2,(H,15,16). The van der Waals surface area contributed by atoms with Crippen LogP contribution in [0.15, 0.2) is 50.2 Å². The second-order valence-electron chi connectivity index (χ2n) is 3.42. The zero-order chi connectivity index (χ0) is 12.3. The van der Waals surface area contributed by atoms with Crippen molar-refractivity contribution in [3.63, 3.8) is 0 Å². The summed E-state index contributed by atoms with van der Waals surface area (Å²) in [5.41, 5.74) is 1.54. The van der Waals surface area contributed by atoms with Gasteiger partial charge in [-0.15, -0.1) is 0 Å². The normalized spacial score (nSPS) is 10.2. The van der Waals surface area contributed by atoms with Gasteiger partial charge in [-0.2, -0.15) is 0 Å². The van der Waals surface area contributed by atoms with Gasteiger partial charge in [0.05, 0.1) is 11.8 Å². The van der Waals surface area contributed by atoms with Gasteiger partial charge in [0.2, 0.25) is 0 Å². The van der Waals surface area contributed by atoms with Gasteiger partial charge in [0.25, 0.3) is 5.91 Å². The number of nitrogens with one attached hydrogen (secondary N) is 1. The molecular formula is C12H9Br2NO2. The van der Waals surface area contributed by atoms with Crippen molar-refractivity contribution in [1.29, 1.82) is 0 Å². The Morgan fingerprint density at radius 2 is 1.88 bits per heavy atom. The van der Waals surface area contributed by atoms with E-state index in [1.165, 1.54) is 6.26 Å². The smallest absolute Gasteiger partial charge is 0.256 e. The lowest BCUT2D eigenvalue weighted by Gasteiger charge is -2.04. The summed E-state index contributed by atoms with van der Waals surface area (Å²) in [6.07, 6.45) is 1.47. The summed E-state index contributed by atoms with van der Waals surface area (Å²) >= 11 is 6.53. The summed E-state index contributed by atoms with van der Waals surface area (Å²) in [7, 11) is 0. The van der Waals surface area contributed by atoms with E-state index in [4.69, 9.17) is 4.42 Å². The molecule has 0 aliphatic rings. The molecule has 0 saturated carbocycles. The second-order valence-corrected chi connectivity index (χ2v) is 5.05. The Hall–Kier alpha value is -1.07. The molecule has 0 saturated heterocycles. The molecule has 5 heteroatoms. The van der Waals surface area contributed by atoms with E-state index in [1.807, 2.05) is 24.3 Å². The van der Waals surface area contributed by atoms with Gasteiger partial charge in [0, 0.05) is 11.0 Å². The Bertz CT molecular complexity index is 520. The van der Waals surface area contributed by atoms with Gasteiger partial charge in [0.15, 0.2) is 4.67 Å². The third-order valence-electron chi connectivity index (χ3n) is 2.23. The fourth-order valence-electron chi connectivity index (χ4n) is 1.34. The van der Waals surface area contributed by atoms with Crippen LogP contribution in [0.3, 0.4) is 0 Å². The predicted octanol–water partition coefficient (Wildman–Crippen LogP) is 3.73. The second kappa shape index (κ2) is 5.51. The van der Waals surface area contributed by atoms with Crippen molar-refractivity contribution >= 4 is 37.8 Å². The molecule has 1 aromatic heterocycles. The van der Waals surface area contributed by atoms with Crippen LogP contribution in [0.25, 0.3) is 0 Å². The third kappa shape index (κ3) is 3.20. The van der Waals surface area contributed by atoms with Gasteiger partial charge >= 0.3 is 0 Å². The minimum Gasteiger partial charge on any atom is -0.457 e. The van der Waals surface area contributed by atoms with E-state index in [9.17, 15) is 4.79 Å². The van der Waals surface area contributed by atoms with Crippen LogP contribution in [0.4, 0.5) is 0 Å². The molecule has 17 heavy (non-hydrogen) atoms. The van der Waals surface area contributed by atoms with Crippen LogP contribution < -0.4 is 5.32 Å². The first-order valence-corrected chi connectivity index (χ1v) is 6.51. The van der Waals surface area contributed by atoms with E-state index in [0.29, 0.717) is 16.8 Å². The molecule has 1 aromatic carbocycles. The first kappa shape index (κ1) is 12.4. The van der Waals surface area contributed by atoms with Crippen molar-refractivity contribution in [2.24, 2.45) is 0 Å². The number of carbonyl (C=O) groups is 1. The van der Waals surface area contributed by atoms with E-state index in [-0.39, 0.29) is 5.91 Å². The van der Waals surface area contributed by atoms with Crippen LogP contribution in [0.1, 0.15) is 15.9 Å². The van der Waals surface area contributed by atoms with Crippen molar-refractivity contribution in [3.05, 3.63) is 56.9 Å². The number of hydrogen-bond acceptors (Lipinski definition) is 2. The molecule has 0 fully saturated rings. The number of rotatable bonds is 3.